The van der Waals surface area contributed by atoms with Crippen LogP contribution < -0.4 is 5.32 Å². The molecule has 0 fully saturated rings. The Kier molecular flexibility index (Phi) is 4.56. The molecule has 1 N–H and O–H groups in total. The van der Waals surface area contributed by atoms with Crippen LogP contribution >= 0.6 is 0 Å². The molecule has 0 saturated heterocycles. The van der Waals surface area contributed by atoms with E-state index in [1.54, 1.807) is 13.2 Å². The number of halogens is 1. The van der Waals surface area contributed by atoms with Crippen LogP contribution in [0, 0.1) is 12.7 Å². The lowest BCUT2D eigenvalue weighted by molar-refractivity contribution is 0.199. The largest absolute Gasteiger partial charge is 0.383 e. The zero-order valence-electron chi connectivity index (χ0n) is 8.64. The number of methoxy groups -OCH3 is 1. The van der Waals surface area contributed by atoms with Crippen molar-refractivity contribution < 1.29 is 9.13 Å². The molecule has 0 amide bonds. The Labute approximate surface area is 84.1 Å². The number of benzene rings is 1. The van der Waals surface area contributed by atoms with Crippen LogP contribution in [0.1, 0.15) is 11.1 Å². The highest BCUT2D eigenvalue weighted by molar-refractivity contribution is 5.23. The molecule has 0 aliphatic heterocycles. The third-order valence-electron chi connectivity index (χ3n) is 1.91. The SMILES string of the molecule is COCCNCc1cc(C)cc(F)c1. The first-order valence-electron chi connectivity index (χ1n) is 4.68. The highest BCUT2D eigenvalue weighted by Crippen LogP contribution is 2.07. The molecule has 0 spiro atoms. The van der Waals surface area contributed by atoms with Crippen molar-refractivity contribution in [3.63, 3.8) is 0 Å². The van der Waals surface area contributed by atoms with Crippen LogP contribution in [0.25, 0.3) is 0 Å². The lowest BCUT2D eigenvalue weighted by Gasteiger charge is -2.05. The highest BCUT2D eigenvalue weighted by Gasteiger charge is 1.97. The van der Waals surface area contributed by atoms with Crippen LogP contribution in [0.15, 0.2) is 18.2 Å². The molecule has 0 aromatic heterocycles. The molecule has 78 valence electrons. The predicted molar refractivity (Wildman–Crippen MR) is 54.7 cm³/mol. The van der Waals surface area contributed by atoms with Gasteiger partial charge in [-0.25, -0.2) is 4.39 Å². The van der Waals surface area contributed by atoms with E-state index >= 15 is 0 Å². The Morgan fingerprint density at radius 1 is 1.36 bits per heavy atom. The minimum Gasteiger partial charge on any atom is -0.383 e. The summed E-state index contributed by atoms with van der Waals surface area (Å²) < 4.78 is 17.8. The molecule has 1 aromatic carbocycles. The molecule has 2 nitrogen and oxygen atoms in total. The van der Waals surface area contributed by atoms with Gasteiger partial charge in [-0.05, 0) is 30.2 Å². The van der Waals surface area contributed by atoms with Gasteiger partial charge in [-0.2, -0.15) is 0 Å². The van der Waals surface area contributed by atoms with Crippen molar-refractivity contribution in [1.82, 2.24) is 5.32 Å². The van der Waals surface area contributed by atoms with Crippen molar-refractivity contribution >= 4 is 0 Å². The zero-order valence-corrected chi connectivity index (χ0v) is 8.64. The van der Waals surface area contributed by atoms with Gasteiger partial charge in [0.25, 0.3) is 0 Å². The van der Waals surface area contributed by atoms with Gasteiger partial charge in [0.2, 0.25) is 0 Å². The number of ether oxygens (including phenoxy) is 1. The van der Waals surface area contributed by atoms with Gasteiger partial charge in [0.1, 0.15) is 5.82 Å². The molecule has 14 heavy (non-hydrogen) atoms. The molecule has 1 rings (SSSR count). The Morgan fingerprint density at radius 3 is 2.79 bits per heavy atom. The lowest BCUT2D eigenvalue weighted by atomic mass is 10.1. The number of aryl methyl sites for hydroxylation is 1. The van der Waals surface area contributed by atoms with E-state index in [0.717, 1.165) is 17.7 Å². The Hall–Kier alpha value is -0.930. The molecule has 0 atom stereocenters. The van der Waals surface area contributed by atoms with E-state index in [1.165, 1.54) is 6.07 Å². The molecule has 1 aromatic rings. The summed E-state index contributed by atoms with van der Waals surface area (Å²) in [6.07, 6.45) is 0. The van der Waals surface area contributed by atoms with Gasteiger partial charge in [0.15, 0.2) is 0 Å². The van der Waals surface area contributed by atoms with Crippen molar-refractivity contribution in [3.8, 4) is 0 Å². The third-order valence-corrected chi connectivity index (χ3v) is 1.91. The molecular formula is C11H16FNO. The van der Waals surface area contributed by atoms with Crippen LogP contribution in [0.3, 0.4) is 0 Å². The van der Waals surface area contributed by atoms with Gasteiger partial charge in [-0.15, -0.1) is 0 Å². The van der Waals surface area contributed by atoms with Crippen LogP contribution in [0.5, 0.6) is 0 Å². The Balaban J connectivity index is 2.42. The monoisotopic (exact) mass is 197 g/mol. The number of rotatable bonds is 5. The number of hydrogen-bond donors (Lipinski definition) is 1. The Morgan fingerprint density at radius 2 is 2.14 bits per heavy atom. The van der Waals surface area contributed by atoms with Crippen LogP contribution in [0.2, 0.25) is 0 Å². The van der Waals surface area contributed by atoms with Gasteiger partial charge in [-0.1, -0.05) is 6.07 Å². The van der Waals surface area contributed by atoms with E-state index in [-0.39, 0.29) is 5.82 Å². The summed E-state index contributed by atoms with van der Waals surface area (Å²) in [5, 5.41) is 3.17. The molecule has 0 radical (unpaired) electrons. The topological polar surface area (TPSA) is 21.3 Å². The second-order valence-electron chi connectivity index (χ2n) is 3.31. The first-order valence-corrected chi connectivity index (χ1v) is 4.68. The summed E-state index contributed by atoms with van der Waals surface area (Å²) in [7, 11) is 1.66. The second-order valence-corrected chi connectivity index (χ2v) is 3.31. The lowest BCUT2D eigenvalue weighted by Crippen LogP contribution is -2.18. The maximum Gasteiger partial charge on any atom is 0.123 e. The molecule has 0 unspecified atom stereocenters. The van der Waals surface area contributed by atoms with Crippen molar-refractivity contribution in [2.45, 2.75) is 13.5 Å². The molecule has 0 aliphatic carbocycles. The van der Waals surface area contributed by atoms with Crippen molar-refractivity contribution in [3.05, 3.63) is 35.1 Å². The fraction of sp³-hybridized carbons (Fsp3) is 0.455. The van der Waals surface area contributed by atoms with E-state index in [1.807, 2.05) is 13.0 Å². The first-order chi connectivity index (χ1) is 6.72. The summed E-state index contributed by atoms with van der Waals surface area (Å²) >= 11 is 0. The number of hydrogen-bond acceptors (Lipinski definition) is 2. The standard InChI is InChI=1S/C11H16FNO/c1-9-5-10(7-11(12)6-9)8-13-3-4-14-2/h5-7,13H,3-4,8H2,1-2H3. The minimum absolute atomic E-state index is 0.173. The molecule has 0 saturated carbocycles. The smallest absolute Gasteiger partial charge is 0.123 e. The normalized spacial score (nSPS) is 10.5. The molecule has 0 bridgehead atoms. The zero-order chi connectivity index (χ0) is 10.4. The summed E-state index contributed by atoms with van der Waals surface area (Å²) in [5.74, 6) is -0.173. The van der Waals surface area contributed by atoms with Gasteiger partial charge in [0.05, 0.1) is 6.61 Å². The second kappa shape index (κ2) is 5.73. The average Bonchev–Trinajstić information content (AvgIpc) is 2.11. The van der Waals surface area contributed by atoms with Gasteiger partial charge >= 0.3 is 0 Å². The van der Waals surface area contributed by atoms with Crippen molar-refractivity contribution in [1.29, 1.82) is 0 Å². The van der Waals surface area contributed by atoms with Gasteiger partial charge in [0, 0.05) is 20.2 Å². The van der Waals surface area contributed by atoms with E-state index in [9.17, 15) is 4.39 Å². The number of nitrogens with one attached hydrogen (secondary N) is 1. The van der Waals surface area contributed by atoms with E-state index < -0.39 is 0 Å². The Bertz CT molecular complexity index is 268. The van der Waals surface area contributed by atoms with Gasteiger partial charge < -0.3 is 10.1 Å². The van der Waals surface area contributed by atoms with E-state index in [0.29, 0.717) is 13.2 Å². The van der Waals surface area contributed by atoms with Crippen LogP contribution in [0.4, 0.5) is 4.39 Å². The van der Waals surface area contributed by atoms with Crippen LogP contribution in [-0.4, -0.2) is 20.3 Å². The fourth-order valence-electron chi connectivity index (χ4n) is 1.32. The van der Waals surface area contributed by atoms with Crippen molar-refractivity contribution in [2.75, 3.05) is 20.3 Å². The summed E-state index contributed by atoms with van der Waals surface area (Å²) in [4.78, 5) is 0. The maximum absolute atomic E-state index is 13.0. The quantitative estimate of drug-likeness (QED) is 0.728. The summed E-state index contributed by atoms with van der Waals surface area (Å²) in [6.45, 7) is 4.03. The molecule has 0 aliphatic rings. The van der Waals surface area contributed by atoms with E-state index in [4.69, 9.17) is 4.74 Å². The van der Waals surface area contributed by atoms with Crippen LogP contribution in [-0.2, 0) is 11.3 Å². The average molecular weight is 197 g/mol. The highest BCUT2D eigenvalue weighted by atomic mass is 19.1. The van der Waals surface area contributed by atoms with Gasteiger partial charge in [-0.3, -0.25) is 0 Å². The first kappa shape index (κ1) is 11.1. The maximum atomic E-state index is 13.0. The van der Waals surface area contributed by atoms with E-state index in [2.05, 4.69) is 5.32 Å². The minimum atomic E-state index is -0.173. The summed E-state index contributed by atoms with van der Waals surface area (Å²) in [6, 6.07) is 5.05. The fourth-order valence-corrected chi connectivity index (χ4v) is 1.32. The summed E-state index contributed by atoms with van der Waals surface area (Å²) in [5.41, 5.74) is 1.92. The molecular weight excluding hydrogens is 181 g/mol. The molecule has 3 heteroatoms. The van der Waals surface area contributed by atoms with Crippen molar-refractivity contribution in [2.24, 2.45) is 0 Å². The predicted octanol–water partition coefficient (Wildman–Crippen LogP) is 1.87. The third kappa shape index (κ3) is 3.85. The molecule has 0 heterocycles.